The number of hydrogen-bond donors (Lipinski definition) is 1. The fourth-order valence-corrected chi connectivity index (χ4v) is 6.87. The van der Waals surface area contributed by atoms with E-state index in [1.54, 1.807) is 27.2 Å². The number of fused-ring (bicyclic) bond motifs is 2. The van der Waals surface area contributed by atoms with Crippen molar-refractivity contribution in [3.63, 3.8) is 0 Å². The molecular weight excluding hydrogens is 629 g/mol. The van der Waals surface area contributed by atoms with E-state index in [1.807, 2.05) is 30.3 Å². The van der Waals surface area contributed by atoms with E-state index in [-0.39, 0.29) is 36.1 Å². The lowest BCUT2D eigenvalue weighted by Crippen LogP contribution is -2.13. The Balaban J connectivity index is 1.24. The fraction of sp³-hybridized carbons (Fsp3) is 0.429. The van der Waals surface area contributed by atoms with Gasteiger partial charge in [0.1, 0.15) is 5.78 Å². The van der Waals surface area contributed by atoms with Gasteiger partial charge < -0.3 is 24.1 Å². The van der Waals surface area contributed by atoms with E-state index >= 15 is 0 Å². The molecule has 1 N–H and O–H groups in total. The van der Waals surface area contributed by atoms with Crippen molar-refractivity contribution in [2.75, 3.05) is 27.4 Å². The number of thiophene rings is 2. The highest BCUT2D eigenvalue weighted by molar-refractivity contribution is 7.21. The number of ketones is 3. The van der Waals surface area contributed by atoms with Crippen molar-refractivity contribution in [1.82, 2.24) is 0 Å². The summed E-state index contributed by atoms with van der Waals surface area (Å²) in [6.45, 7) is 5.83. The van der Waals surface area contributed by atoms with Crippen molar-refractivity contribution in [3.05, 3.63) is 46.2 Å². The average Bonchev–Trinajstić information content (AvgIpc) is 3.64. The maximum Gasteiger partial charge on any atom is 0.306 e. The molecule has 246 valence electrons. The number of Topliss-reactive ketones (excluding diaryl/α,β-unsaturated/α-hetero) is 3. The summed E-state index contributed by atoms with van der Waals surface area (Å²) in [7, 11) is 3.16. The van der Waals surface area contributed by atoms with Crippen LogP contribution in [0.5, 0.6) is 23.0 Å². The van der Waals surface area contributed by atoms with Gasteiger partial charge in [0, 0.05) is 40.3 Å². The number of carbonyl (C=O) groups is 4. The molecule has 2 aromatic carbocycles. The van der Waals surface area contributed by atoms with Gasteiger partial charge in [-0.2, -0.15) is 0 Å². The van der Waals surface area contributed by atoms with Gasteiger partial charge in [0.05, 0.1) is 43.1 Å². The summed E-state index contributed by atoms with van der Waals surface area (Å²) >= 11 is 2.72. The van der Waals surface area contributed by atoms with Crippen LogP contribution in [0, 0.1) is 11.8 Å². The van der Waals surface area contributed by atoms with Gasteiger partial charge in [-0.1, -0.05) is 13.8 Å². The summed E-state index contributed by atoms with van der Waals surface area (Å²) in [5, 5.41) is 10.9. The third-order valence-electron chi connectivity index (χ3n) is 7.81. The van der Waals surface area contributed by atoms with Gasteiger partial charge >= 0.3 is 5.97 Å². The fourth-order valence-electron chi connectivity index (χ4n) is 4.82. The van der Waals surface area contributed by atoms with Gasteiger partial charge in [0.2, 0.25) is 0 Å². The second kappa shape index (κ2) is 16.0. The summed E-state index contributed by atoms with van der Waals surface area (Å²) in [5.74, 6) is 0.179. The molecule has 0 bridgehead atoms. The zero-order valence-corrected chi connectivity index (χ0v) is 28.4. The Bertz CT molecular complexity index is 1590. The van der Waals surface area contributed by atoms with Gasteiger partial charge in [-0.15, -0.1) is 22.7 Å². The minimum absolute atomic E-state index is 0.00682. The van der Waals surface area contributed by atoms with Crippen molar-refractivity contribution in [3.8, 4) is 23.0 Å². The summed E-state index contributed by atoms with van der Waals surface area (Å²) in [4.78, 5) is 49.1. The lowest BCUT2D eigenvalue weighted by molar-refractivity contribution is -0.141. The average molecular weight is 669 g/mol. The Morgan fingerprint density at radius 3 is 1.48 bits per heavy atom. The summed E-state index contributed by atoms with van der Waals surface area (Å²) < 4.78 is 24.9. The number of benzene rings is 2. The smallest absolute Gasteiger partial charge is 0.306 e. The molecule has 46 heavy (non-hydrogen) atoms. The van der Waals surface area contributed by atoms with Crippen molar-refractivity contribution in [2.45, 2.75) is 59.3 Å². The first-order valence-electron chi connectivity index (χ1n) is 15.3. The zero-order chi connectivity index (χ0) is 33.4. The van der Waals surface area contributed by atoms with Crippen LogP contribution < -0.4 is 18.9 Å². The lowest BCUT2D eigenvalue weighted by atomic mass is 10.0. The minimum Gasteiger partial charge on any atom is -0.493 e. The van der Waals surface area contributed by atoms with E-state index in [0.717, 1.165) is 45.9 Å². The van der Waals surface area contributed by atoms with Crippen LogP contribution in [0.15, 0.2) is 36.4 Å². The van der Waals surface area contributed by atoms with Crippen LogP contribution in [-0.4, -0.2) is 55.9 Å². The van der Waals surface area contributed by atoms with Gasteiger partial charge in [-0.25, -0.2) is 0 Å². The van der Waals surface area contributed by atoms with Crippen LogP contribution in [0.1, 0.15) is 78.6 Å². The Labute approximate surface area is 276 Å². The molecular formula is C35H40O9S2. The molecule has 0 fully saturated rings. The van der Waals surface area contributed by atoms with E-state index in [4.69, 9.17) is 24.1 Å². The molecule has 4 rings (SSSR count). The molecule has 0 amide bonds. The lowest BCUT2D eigenvalue weighted by Gasteiger charge is -2.12. The number of rotatable bonds is 19. The highest BCUT2D eigenvalue weighted by Gasteiger charge is 2.20. The predicted molar refractivity (Wildman–Crippen MR) is 181 cm³/mol. The molecule has 0 unspecified atom stereocenters. The number of aliphatic carboxylic acids is 1. The van der Waals surface area contributed by atoms with E-state index in [2.05, 4.69) is 0 Å². The SMILES string of the molecule is COc1cc2cc(C(=O)C[C@H](C)C(C)=O)sc2cc1OCCCCCCOc1cc2sc(C(=O)C[C@H](C)C(=O)O)cc2cc1OC. The van der Waals surface area contributed by atoms with E-state index < -0.39 is 11.9 Å². The maximum atomic E-state index is 12.7. The number of hydrogen-bond acceptors (Lipinski definition) is 10. The van der Waals surface area contributed by atoms with Crippen LogP contribution in [0.2, 0.25) is 0 Å². The Morgan fingerprint density at radius 1 is 0.652 bits per heavy atom. The van der Waals surface area contributed by atoms with Crippen molar-refractivity contribution in [1.29, 1.82) is 0 Å². The molecule has 4 aromatic rings. The monoisotopic (exact) mass is 668 g/mol. The van der Waals surface area contributed by atoms with Gasteiger partial charge in [0.15, 0.2) is 34.6 Å². The number of methoxy groups -OCH3 is 2. The Morgan fingerprint density at radius 2 is 1.09 bits per heavy atom. The van der Waals surface area contributed by atoms with Gasteiger partial charge in [0.25, 0.3) is 0 Å². The summed E-state index contributed by atoms with van der Waals surface area (Å²) in [6.07, 6.45) is 3.73. The van der Waals surface area contributed by atoms with Crippen LogP contribution in [0.3, 0.4) is 0 Å². The van der Waals surface area contributed by atoms with Crippen molar-refractivity contribution in [2.24, 2.45) is 11.8 Å². The number of unbranched alkanes of at least 4 members (excludes halogenated alkanes) is 3. The van der Waals surface area contributed by atoms with Crippen LogP contribution in [-0.2, 0) is 9.59 Å². The molecule has 0 saturated heterocycles. The highest BCUT2D eigenvalue weighted by atomic mass is 32.1. The van der Waals surface area contributed by atoms with E-state index in [0.29, 0.717) is 46.0 Å². The van der Waals surface area contributed by atoms with Crippen LogP contribution in [0.4, 0.5) is 0 Å². The molecule has 0 aliphatic carbocycles. The first-order valence-corrected chi connectivity index (χ1v) is 16.9. The second-order valence-corrected chi connectivity index (χ2v) is 13.6. The number of ether oxygens (including phenoxy) is 4. The molecule has 0 aliphatic rings. The molecule has 11 heteroatoms. The highest BCUT2D eigenvalue weighted by Crippen LogP contribution is 2.38. The molecule has 2 atom stereocenters. The first kappa shape index (κ1) is 34.9. The Hall–Kier alpha value is -3.96. The third kappa shape index (κ3) is 8.85. The van der Waals surface area contributed by atoms with Gasteiger partial charge in [-0.3, -0.25) is 19.2 Å². The normalized spacial score (nSPS) is 12.5. The standard InChI is InChI=1S/C35H40O9S2/c1-20(22(3)36)12-25(37)33-16-23-14-27(41-4)29(18-31(23)45-33)43-10-8-6-7-9-11-44-30-19-32-24(15-28(30)42-5)17-34(46-32)26(38)13-21(2)35(39)40/h14-21H,6-13H2,1-5H3,(H,39,40)/t20-,21-/m0/s1. The molecule has 0 radical (unpaired) electrons. The number of carboxylic acid groups (broad SMARTS) is 1. The molecule has 0 aliphatic heterocycles. The summed E-state index contributed by atoms with van der Waals surface area (Å²) in [6, 6.07) is 11.1. The van der Waals surface area contributed by atoms with Crippen LogP contribution >= 0.6 is 22.7 Å². The number of carboxylic acids is 1. The third-order valence-corrected chi connectivity index (χ3v) is 10.1. The molecule has 2 aromatic heterocycles. The molecule has 9 nitrogen and oxygen atoms in total. The largest absolute Gasteiger partial charge is 0.493 e. The van der Waals surface area contributed by atoms with E-state index in [9.17, 15) is 19.2 Å². The first-order chi connectivity index (χ1) is 22.0. The molecule has 0 spiro atoms. The van der Waals surface area contributed by atoms with Crippen molar-refractivity contribution >= 4 is 66.2 Å². The summed E-state index contributed by atoms with van der Waals surface area (Å²) in [5.41, 5.74) is 0. The van der Waals surface area contributed by atoms with Gasteiger partial charge in [-0.05, 0) is 67.6 Å². The van der Waals surface area contributed by atoms with E-state index in [1.165, 1.54) is 36.5 Å². The Kier molecular flexibility index (Phi) is 12.2. The predicted octanol–water partition coefficient (Wildman–Crippen LogP) is 8.24. The van der Waals surface area contributed by atoms with Crippen LogP contribution in [0.25, 0.3) is 20.2 Å². The number of carbonyl (C=O) groups excluding carboxylic acids is 3. The van der Waals surface area contributed by atoms with Crippen molar-refractivity contribution < 1.29 is 43.2 Å². The molecule has 0 saturated carbocycles. The quantitative estimate of drug-likeness (QED) is 0.0777. The minimum atomic E-state index is -0.988. The zero-order valence-electron chi connectivity index (χ0n) is 26.8. The topological polar surface area (TPSA) is 125 Å². The molecule has 2 heterocycles. The second-order valence-electron chi connectivity index (χ2n) is 11.4. The maximum absolute atomic E-state index is 12.7.